The van der Waals surface area contributed by atoms with Crippen molar-refractivity contribution in [2.75, 3.05) is 14.1 Å². The molecular weight excluding hydrogens is 271 g/mol. The third-order valence-electron chi connectivity index (χ3n) is 3.58. The SMILES string of the molecule is CN(C)C(=O)c1ccc(B(O)OC(C)(C)C(C)(C)O)cn1. The summed E-state index contributed by atoms with van der Waals surface area (Å²) in [6.07, 6.45) is 1.39. The van der Waals surface area contributed by atoms with Crippen LogP contribution in [0.1, 0.15) is 38.2 Å². The van der Waals surface area contributed by atoms with Gasteiger partial charge in [0.25, 0.3) is 5.91 Å². The number of aliphatic hydroxyl groups is 1. The lowest BCUT2D eigenvalue weighted by Gasteiger charge is -2.38. The van der Waals surface area contributed by atoms with E-state index < -0.39 is 18.3 Å². The maximum absolute atomic E-state index is 11.7. The van der Waals surface area contributed by atoms with Crippen LogP contribution in [0.5, 0.6) is 0 Å². The highest BCUT2D eigenvalue weighted by atomic mass is 16.5. The summed E-state index contributed by atoms with van der Waals surface area (Å²) in [4.78, 5) is 17.2. The topological polar surface area (TPSA) is 82.9 Å². The number of hydrogen-bond donors (Lipinski definition) is 2. The van der Waals surface area contributed by atoms with Crippen molar-refractivity contribution in [3.05, 3.63) is 24.0 Å². The average Bonchev–Trinajstić information content (AvgIpc) is 2.36. The van der Waals surface area contributed by atoms with Crippen molar-refractivity contribution >= 4 is 18.5 Å². The smallest absolute Gasteiger partial charge is 0.423 e. The normalized spacial score (nSPS) is 12.2. The zero-order chi connectivity index (χ0) is 16.4. The number of carbonyl (C=O) groups is 1. The molecule has 2 N–H and O–H groups in total. The largest absolute Gasteiger partial charge is 0.493 e. The monoisotopic (exact) mass is 294 g/mol. The molecule has 1 rings (SSSR count). The highest BCUT2D eigenvalue weighted by Crippen LogP contribution is 2.25. The third-order valence-corrected chi connectivity index (χ3v) is 3.58. The summed E-state index contributed by atoms with van der Waals surface area (Å²) in [7, 11) is 2.05. The zero-order valence-corrected chi connectivity index (χ0v) is 13.4. The first-order valence-electron chi connectivity index (χ1n) is 6.71. The van der Waals surface area contributed by atoms with Crippen LogP contribution in [0.4, 0.5) is 0 Å². The van der Waals surface area contributed by atoms with Crippen LogP contribution in [-0.4, -0.2) is 58.3 Å². The summed E-state index contributed by atoms with van der Waals surface area (Å²) in [6, 6.07) is 3.11. The van der Waals surface area contributed by atoms with Gasteiger partial charge in [0.2, 0.25) is 0 Å². The summed E-state index contributed by atoms with van der Waals surface area (Å²) < 4.78 is 5.51. The fraction of sp³-hybridized carbons (Fsp3) is 0.571. The second-order valence-electron chi connectivity index (χ2n) is 6.22. The molecule has 0 bridgehead atoms. The molecule has 1 aromatic rings. The van der Waals surface area contributed by atoms with E-state index in [2.05, 4.69) is 4.98 Å². The van der Waals surface area contributed by atoms with Crippen molar-refractivity contribution in [2.45, 2.75) is 38.9 Å². The van der Waals surface area contributed by atoms with Gasteiger partial charge in [-0.3, -0.25) is 9.78 Å². The Kier molecular flexibility index (Phi) is 5.14. The van der Waals surface area contributed by atoms with Gasteiger partial charge >= 0.3 is 7.12 Å². The Balaban J connectivity index is 2.85. The number of nitrogens with zero attached hydrogens (tertiary/aromatic N) is 2. The number of carbonyl (C=O) groups excluding carboxylic acids is 1. The maximum atomic E-state index is 11.7. The van der Waals surface area contributed by atoms with E-state index in [-0.39, 0.29) is 11.6 Å². The molecule has 0 aliphatic heterocycles. The Morgan fingerprint density at radius 3 is 2.24 bits per heavy atom. The van der Waals surface area contributed by atoms with E-state index in [0.717, 1.165) is 0 Å². The van der Waals surface area contributed by atoms with Crippen molar-refractivity contribution in [3.63, 3.8) is 0 Å². The lowest BCUT2D eigenvalue weighted by Crippen LogP contribution is -2.53. The Morgan fingerprint density at radius 1 is 1.29 bits per heavy atom. The van der Waals surface area contributed by atoms with Crippen molar-refractivity contribution in [3.8, 4) is 0 Å². The minimum Gasteiger partial charge on any atom is -0.423 e. The van der Waals surface area contributed by atoms with E-state index in [0.29, 0.717) is 5.46 Å². The second kappa shape index (κ2) is 6.13. The Hall–Kier alpha value is -1.44. The maximum Gasteiger partial charge on any atom is 0.493 e. The van der Waals surface area contributed by atoms with Gasteiger partial charge in [0, 0.05) is 25.8 Å². The molecule has 0 atom stereocenters. The molecule has 0 aromatic carbocycles. The van der Waals surface area contributed by atoms with E-state index in [9.17, 15) is 14.9 Å². The van der Waals surface area contributed by atoms with E-state index >= 15 is 0 Å². The molecule has 21 heavy (non-hydrogen) atoms. The number of aromatic nitrogens is 1. The van der Waals surface area contributed by atoms with Crippen LogP contribution in [0.3, 0.4) is 0 Å². The molecule has 6 nitrogen and oxygen atoms in total. The fourth-order valence-corrected chi connectivity index (χ4v) is 1.40. The minimum absolute atomic E-state index is 0.214. The van der Waals surface area contributed by atoms with Gasteiger partial charge in [0.05, 0.1) is 11.2 Å². The van der Waals surface area contributed by atoms with Gasteiger partial charge < -0.3 is 19.7 Å². The van der Waals surface area contributed by atoms with Crippen molar-refractivity contribution < 1.29 is 19.6 Å². The van der Waals surface area contributed by atoms with Crippen molar-refractivity contribution in [1.29, 1.82) is 0 Å². The Bertz CT molecular complexity index is 495. The fourth-order valence-electron chi connectivity index (χ4n) is 1.40. The van der Waals surface area contributed by atoms with E-state index in [1.807, 2.05) is 0 Å². The van der Waals surface area contributed by atoms with Gasteiger partial charge in [0.1, 0.15) is 5.69 Å². The van der Waals surface area contributed by atoms with Crippen molar-refractivity contribution in [1.82, 2.24) is 9.88 Å². The van der Waals surface area contributed by atoms with Crippen LogP contribution in [0.25, 0.3) is 0 Å². The molecule has 0 unspecified atom stereocenters. The Morgan fingerprint density at radius 2 is 1.86 bits per heavy atom. The summed E-state index contributed by atoms with van der Waals surface area (Å²) >= 11 is 0. The average molecular weight is 294 g/mol. The molecule has 0 aliphatic carbocycles. The molecule has 1 heterocycles. The molecule has 0 spiro atoms. The molecule has 0 radical (unpaired) electrons. The molecular formula is C14H23BN2O4. The molecule has 116 valence electrons. The van der Waals surface area contributed by atoms with E-state index in [1.54, 1.807) is 47.9 Å². The second-order valence-corrected chi connectivity index (χ2v) is 6.22. The summed E-state index contributed by atoms with van der Waals surface area (Å²) in [5.41, 5.74) is -1.37. The predicted molar refractivity (Wildman–Crippen MR) is 81.3 cm³/mol. The number of pyridine rings is 1. The highest BCUT2D eigenvalue weighted by molar-refractivity contribution is 6.60. The molecule has 0 aliphatic rings. The van der Waals surface area contributed by atoms with Gasteiger partial charge in [-0.05, 0) is 33.8 Å². The molecule has 1 aromatic heterocycles. The molecule has 0 saturated heterocycles. The first kappa shape index (κ1) is 17.6. The first-order chi connectivity index (χ1) is 9.45. The molecule has 0 saturated carbocycles. The third kappa shape index (κ3) is 4.26. The van der Waals surface area contributed by atoms with Crippen LogP contribution in [-0.2, 0) is 4.65 Å². The minimum atomic E-state index is -1.23. The van der Waals surface area contributed by atoms with Crippen LogP contribution in [0, 0.1) is 0 Å². The summed E-state index contributed by atoms with van der Waals surface area (Å²) in [5, 5.41) is 20.1. The van der Waals surface area contributed by atoms with Crippen molar-refractivity contribution in [2.24, 2.45) is 0 Å². The summed E-state index contributed by atoms with van der Waals surface area (Å²) in [6.45, 7) is 6.59. The van der Waals surface area contributed by atoms with Gasteiger partial charge in [-0.1, -0.05) is 6.07 Å². The Labute approximate surface area is 125 Å². The molecule has 7 heteroatoms. The van der Waals surface area contributed by atoms with Crippen LogP contribution in [0.2, 0.25) is 0 Å². The van der Waals surface area contributed by atoms with Gasteiger partial charge in [-0.2, -0.15) is 0 Å². The van der Waals surface area contributed by atoms with Crippen LogP contribution in [0.15, 0.2) is 18.3 Å². The lowest BCUT2D eigenvalue weighted by molar-refractivity contribution is -0.0982. The zero-order valence-electron chi connectivity index (χ0n) is 13.4. The van der Waals surface area contributed by atoms with Gasteiger partial charge in [-0.15, -0.1) is 0 Å². The highest BCUT2D eigenvalue weighted by Gasteiger charge is 2.39. The van der Waals surface area contributed by atoms with E-state index in [4.69, 9.17) is 4.65 Å². The predicted octanol–water partition coefficient (Wildman–Crippen LogP) is 0.0370. The first-order valence-corrected chi connectivity index (χ1v) is 6.71. The quantitative estimate of drug-likeness (QED) is 0.749. The van der Waals surface area contributed by atoms with Gasteiger partial charge in [-0.25, -0.2) is 0 Å². The standard InChI is InChI=1S/C14H23BN2O4/c1-13(2,19)14(3,4)21-15(20)10-7-8-11(16-9-10)12(18)17(5)6/h7-9,19-20H,1-6H3. The number of amides is 1. The molecule has 1 amide bonds. The van der Waals surface area contributed by atoms with E-state index in [1.165, 1.54) is 17.2 Å². The number of hydrogen-bond acceptors (Lipinski definition) is 5. The lowest BCUT2D eigenvalue weighted by atomic mass is 9.77. The molecule has 0 fully saturated rings. The number of rotatable bonds is 5. The van der Waals surface area contributed by atoms with Crippen LogP contribution < -0.4 is 5.46 Å². The van der Waals surface area contributed by atoms with Gasteiger partial charge in [0.15, 0.2) is 0 Å². The van der Waals surface area contributed by atoms with Crippen LogP contribution >= 0.6 is 0 Å². The summed E-state index contributed by atoms with van der Waals surface area (Å²) in [5.74, 6) is -0.214.